The Bertz CT molecular complexity index is 1110. The van der Waals surface area contributed by atoms with E-state index in [4.69, 9.17) is 16.3 Å². The molecule has 2 amide bonds. The smallest absolute Gasteiger partial charge is 0.407 e. The maximum atomic E-state index is 12.2. The molecule has 0 spiro atoms. The van der Waals surface area contributed by atoms with Crippen LogP contribution in [0.25, 0.3) is 17.2 Å². The molecule has 0 fully saturated rings. The predicted octanol–water partition coefficient (Wildman–Crippen LogP) is 5.81. The summed E-state index contributed by atoms with van der Waals surface area (Å²) in [7, 11) is 0. The molecule has 0 saturated heterocycles. The van der Waals surface area contributed by atoms with Gasteiger partial charge in [0.05, 0.1) is 0 Å². The number of rotatable bonds is 8. The number of nitrogens with one attached hydrogen (secondary N) is 2. The quantitative estimate of drug-likeness (QED) is 0.329. The first kappa shape index (κ1) is 22.6. The summed E-state index contributed by atoms with van der Waals surface area (Å²) in [5.74, 6) is -0.252. The van der Waals surface area contributed by atoms with Gasteiger partial charge < -0.3 is 15.4 Å². The lowest BCUT2D eigenvalue weighted by Gasteiger charge is -2.14. The second-order valence-electron chi connectivity index (χ2n) is 7.75. The highest BCUT2D eigenvalue weighted by molar-refractivity contribution is 6.29. The van der Waals surface area contributed by atoms with Gasteiger partial charge in [-0.2, -0.15) is 0 Å². The van der Waals surface area contributed by atoms with Gasteiger partial charge >= 0.3 is 6.09 Å². The average molecular weight is 461 g/mol. The van der Waals surface area contributed by atoms with Gasteiger partial charge in [-0.3, -0.25) is 4.79 Å². The Kier molecular flexibility index (Phi) is 7.43. The second kappa shape index (κ2) is 10.8. The van der Waals surface area contributed by atoms with E-state index in [1.54, 1.807) is 0 Å². The van der Waals surface area contributed by atoms with Crippen LogP contribution in [-0.4, -0.2) is 31.0 Å². The minimum absolute atomic E-state index is 0.0558. The summed E-state index contributed by atoms with van der Waals surface area (Å²) < 4.78 is 5.54. The van der Waals surface area contributed by atoms with Gasteiger partial charge in [-0.1, -0.05) is 72.8 Å². The minimum Gasteiger partial charge on any atom is -0.449 e. The van der Waals surface area contributed by atoms with Crippen LogP contribution in [0.15, 0.2) is 78.9 Å². The molecular weight excluding hydrogens is 436 g/mol. The third-order valence-electron chi connectivity index (χ3n) is 5.55. The van der Waals surface area contributed by atoms with Crippen molar-refractivity contribution in [3.63, 3.8) is 0 Å². The summed E-state index contributed by atoms with van der Waals surface area (Å²) in [6.07, 6.45) is 4.21. The number of benzene rings is 3. The zero-order chi connectivity index (χ0) is 23.0. The van der Waals surface area contributed by atoms with Gasteiger partial charge in [0.2, 0.25) is 5.91 Å². The van der Waals surface area contributed by atoms with Crippen LogP contribution in [0, 0.1) is 0 Å². The molecule has 1 aliphatic rings. The molecular formula is C27H25ClN2O3. The van der Waals surface area contributed by atoms with Crippen molar-refractivity contribution < 1.29 is 14.3 Å². The van der Waals surface area contributed by atoms with E-state index in [0.717, 1.165) is 5.56 Å². The van der Waals surface area contributed by atoms with E-state index in [9.17, 15) is 9.59 Å². The first-order valence-electron chi connectivity index (χ1n) is 10.9. The lowest BCUT2D eigenvalue weighted by molar-refractivity contribution is -0.113. The van der Waals surface area contributed by atoms with Crippen molar-refractivity contribution in [1.82, 2.24) is 5.32 Å². The highest BCUT2D eigenvalue weighted by Gasteiger charge is 2.28. The van der Waals surface area contributed by atoms with Gasteiger partial charge in [0.15, 0.2) is 0 Å². The van der Waals surface area contributed by atoms with E-state index in [1.165, 1.54) is 22.3 Å². The maximum absolute atomic E-state index is 12.2. The van der Waals surface area contributed by atoms with E-state index in [0.29, 0.717) is 25.3 Å². The summed E-state index contributed by atoms with van der Waals surface area (Å²) in [6.45, 7) is 0.791. The number of fused-ring (bicyclic) bond motifs is 3. The molecule has 0 aromatic heterocycles. The molecule has 1 aliphatic carbocycles. The standard InChI is InChI=1S/C27H25ClN2O3/c28-17-26(31)30-20-14-12-19(13-15-20)7-5-6-16-29-27(32)33-18-25-23-10-3-1-8-21(23)22-9-2-4-11-24(22)25/h1-5,7-15,25H,6,16-18H2,(H,29,32)(H,30,31). The molecule has 3 aromatic rings. The van der Waals surface area contributed by atoms with Crippen LogP contribution in [0.1, 0.15) is 29.0 Å². The average Bonchev–Trinajstić information content (AvgIpc) is 3.17. The van der Waals surface area contributed by atoms with Crippen LogP contribution in [0.5, 0.6) is 0 Å². The first-order chi connectivity index (χ1) is 16.2. The van der Waals surface area contributed by atoms with Gasteiger partial charge in [0.25, 0.3) is 0 Å². The molecule has 2 N–H and O–H groups in total. The third kappa shape index (κ3) is 5.62. The Morgan fingerprint density at radius 1 is 0.909 bits per heavy atom. The number of alkyl carbamates (subject to hydrolysis) is 1. The van der Waals surface area contributed by atoms with Crippen LogP contribution < -0.4 is 10.6 Å². The Morgan fingerprint density at radius 2 is 1.55 bits per heavy atom. The van der Waals surface area contributed by atoms with Gasteiger partial charge in [0.1, 0.15) is 12.5 Å². The highest BCUT2D eigenvalue weighted by Crippen LogP contribution is 2.44. The largest absolute Gasteiger partial charge is 0.449 e. The molecule has 0 aliphatic heterocycles. The summed E-state index contributed by atoms with van der Waals surface area (Å²) in [4.78, 5) is 23.5. The number of alkyl halides is 1. The van der Waals surface area contributed by atoms with E-state index in [-0.39, 0.29) is 17.7 Å². The van der Waals surface area contributed by atoms with Gasteiger partial charge in [-0.05, 0) is 46.4 Å². The van der Waals surface area contributed by atoms with Gasteiger partial charge in [-0.15, -0.1) is 11.6 Å². The third-order valence-corrected chi connectivity index (χ3v) is 5.79. The van der Waals surface area contributed by atoms with Crippen molar-refractivity contribution in [3.05, 3.63) is 95.6 Å². The number of carbonyl (C=O) groups is 2. The number of amides is 2. The number of ether oxygens (including phenoxy) is 1. The molecule has 33 heavy (non-hydrogen) atoms. The Morgan fingerprint density at radius 3 is 2.18 bits per heavy atom. The first-order valence-corrected chi connectivity index (χ1v) is 11.4. The predicted molar refractivity (Wildman–Crippen MR) is 133 cm³/mol. The molecule has 168 valence electrons. The van der Waals surface area contributed by atoms with Crippen LogP contribution >= 0.6 is 11.6 Å². The normalized spacial score (nSPS) is 12.3. The molecule has 0 saturated carbocycles. The summed E-state index contributed by atoms with van der Waals surface area (Å²) in [6, 6.07) is 24.0. The van der Waals surface area contributed by atoms with E-state index >= 15 is 0 Å². The van der Waals surface area contributed by atoms with E-state index in [2.05, 4.69) is 34.9 Å². The SMILES string of the molecule is O=C(CCl)Nc1ccc(C=CCCNC(=O)OCC2c3ccccc3-c3ccccc32)cc1. The summed E-state index contributed by atoms with van der Waals surface area (Å²) in [5, 5.41) is 5.50. The fourth-order valence-corrected chi connectivity index (χ4v) is 4.07. The van der Waals surface area contributed by atoms with Crippen LogP contribution in [-0.2, 0) is 9.53 Å². The van der Waals surface area contributed by atoms with Crippen molar-refractivity contribution in [3.8, 4) is 11.1 Å². The number of anilines is 1. The number of hydrogen-bond donors (Lipinski definition) is 2. The van der Waals surface area contributed by atoms with Crippen molar-refractivity contribution in [2.45, 2.75) is 12.3 Å². The molecule has 0 unspecified atom stereocenters. The maximum Gasteiger partial charge on any atom is 0.407 e. The van der Waals surface area contributed by atoms with Crippen molar-refractivity contribution in [2.24, 2.45) is 0 Å². The zero-order valence-corrected chi connectivity index (χ0v) is 18.8. The Hall–Kier alpha value is -3.57. The lowest BCUT2D eigenvalue weighted by atomic mass is 9.98. The molecule has 0 heterocycles. The second-order valence-corrected chi connectivity index (χ2v) is 8.01. The molecule has 0 radical (unpaired) electrons. The molecule has 6 heteroatoms. The van der Waals surface area contributed by atoms with Crippen LogP contribution in [0.3, 0.4) is 0 Å². The Balaban J connectivity index is 1.22. The fraction of sp³-hybridized carbons (Fsp3) is 0.185. The molecule has 5 nitrogen and oxygen atoms in total. The minimum atomic E-state index is -0.412. The van der Waals surface area contributed by atoms with E-state index in [1.807, 2.05) is 60.7 Å². The zero-order valence-electron chi connectivity index (χ0n) is 18.1. The van der Waals surface area contributed by atoms with Crippen LogP contribution in [0.2, 0.25) is 0 Å². The summed E-state index contributed by atoms with van der Waals surface area (Å²) >= 11 is 5.48. The monoisotopic (exact) mass is 460 g/mol. The number of halogens is 1. The molecule has 0 bridgehead atoms. The van der Waals surface area contributed by atoms with Gasteiger partial charge in [-0.25, -0.2) is 4.79 Å². The lowest BCUT2D eigenvalue weighted by Crippen LogP contribution is -2.26. The highest BCUT2D eigenvalue weighted by atomic mass is 35.5. The van der Waals surface area contributed by atoms with Crippen molar-refractivity contribution in [1.29, 1.82) is 0 Å². The number of hydrogen-bond acceptors (Lipinski definition) is 3. The van der Waals surface area contributed by atoms with E-state index < -0.39 is 6.09 Å². The van der Waals surface area contributed by atoms with Crippen LogP contribution in [0.4, 0.5) is 10.5 Å². The number of carbonyl (C=O) groups excluding carboxylic acids is 2. The molecule has 3 aromatic carbocycles. The Labute approximate surface area is 198 Å². The van der Waals surface area contributed by atoms with Crippen molar-refractivity contribution >= 4 is 35.4 Å². The molecule has 4 rings (SSSR count). The van der Waals surface area contributed by atoms with Gasteiger partial charge in [0, 0.05) is 18.2 Å². The van der Waals surface area contributed by atoms with Crippen molar-refractivity contribution in [2.75, 3.05) is 24.3 Å². The fourth-order valence-electron chi connectivity index (χ4n) is 4.00. The summed E-state index contributed by atoms with van der Waals surface area (Å²) in [5.41, 5.74) is 6.52. The molecule has 0 atom stereocenters. The topological polar surface area (TPSA) is 67.4 Å².